The summed E-state index contributed by atoms with van der Waals surface area (Å²) in [4.78, 5) is 25.4. The molecule has 0 saturated heterocycles. The molecule has 0 heterocycles. The van der Waals surface area contributed by atoms with Crippen molar-refractivity contribution < 1.29 is 14.3 Å². The van der Waals surface area contributed by atoms with Gasteiger partial charge in [-0.1, -0.05) is 68.5 Å². The number of amides is 1. The first-order chi connectivity index (χ1) is 12.0. The number of halogens is 2. The van der Waals surface area contributed by atoms with Gasteiger partial charge in [0, 0.05) is 39.0 Å². The van der Waals surface area contributed by atoms with E-state index in [2.05, 4.69) is 41.8 Å². The summed E-state index contributed by atoms with van der Waals surface area (Å²) in [7, 11) is 0. The Labute approximate surface area is 186 Å². The Hall–Kier alpha value is 0.560. The van der Waals surface area contributed by atoms with Gasteiger partial charge >= 0.3 is 0 Å². The Kier molecular flexibility index (Phi) is 10.3. The average Bonchev–Trinajstić information content (AvgIpc) is 2.49. The molecule has 1 N–H and O–H groups in total. The van der Waals surface area contributed by atoms with Crippen LogP contribution in [-0.2, 0) is 14.3 Å². The summed E-state index contributed by atoms with van der Waals surface area (Å²) in [5, 5.41) is 3.16. The Morgan fingerprint density at radius 3 is 2.04 bits per heavy atom. The van der Waals surface area contributed by atoms with Gasteiger partial charge < -0.3 is 10.1 Å². The van der Waals surface area contributed by atoms with Gasteiger partial charge in [0.1, 0.15) is 5.54 Å². The quantitative estimate of drug-likeness (QED) is 0.217. The fraction of sp³-hybridized carbons (Fsp3) is 0.900. The predicted molar refractivity (Wildman–Crippen MR) is 124 cm³/mol. The van der Waals surface area contributed by atoms with E-state index in [0.29, 0.717) is 13.0 Å². The number of ether oxygens (including phenoxy) is 1. The molecule has 0 unspecified atom stereocenters. The standard InChI is InChI=1S/C20H35I2NO3/c1-18(2,13-15-26-19(3,4)12-14-21)17(25)23-20(16(22)24)10-8-6-5-7-9-11-20/h5-15H2,1-4H3,(H,23,25). The van der Waals surface area contributed by atoms with Crippen molar-refractivity contribution in [3.8, 4) is 0 Å². The van der Waals surface area contributed by atoms with Crippen molar-refractivity contribution in [3.05, 3.63) is 0 Å². The van der Waals surface area contributed by atoms with E-state index in [9.17, 15) is 9.59 Å². The molecule has 0 spiro atoms. The summed E-state index contributed by atoms with van der Waals surface area (Å²) in [5.41, 5.74) is -1.40. The van der Waals surface area contributed by atoms with Gasteiger partial charge in [-0.25, -0.2) is 0 Å². The molecule has 1 saturated carbocycles. The van der Waals surface area contributed by atoms with E-state index in [4.69, 9.17) is 4.74 Å². The molecule has 0 aliphatic heterocycles. The van der Waals surface area contributed by atoms with Crippen LogP contribution in [0.25, 0.3) is 0 Å². The van der Waals surface area contributed by atoms with Gasteiger partial charge in [-0.3, -0.25) is 9.59 Å². The molecule has 26 heavy (non-hydrogen) atoms. The second-order valence-electron chi connectivity index (χ2n) is 8.76. The molecule has 4 nitrogen and oxygen atoms in total. The van der Waals surface area contributed by atoms with Gasteiger partial charge in [-0.05, 0) is 39.5 Å². The maximum absolute atomic E-state index is 13.0. The number of alkyl halides is 1. The summed E-state index contributed by atoms with van der Waals surface area (Å²) < 4.78 is 7.12. The lowest BCUT2D eigenvalue weighted by Gasteiger charge is -2.37. The number of hydrogen-bond acceptors (Lipinski definition) is 3. The van der Waals surface area contributed by atoms with Crippen molar-refractivity contribution in [1.82, 2.24) is 5.32 Å². The Morgan fingerprint density at radius 1 is 1.00 bits per heavy atom. The molecule has 1 rings (SSSR count). The Balaban J connectivity index is 2.70. The fourth-order valence-corrected chi connectivity index (χ4v) is 5.23. The van der Waals surface area contributed by atoms with Crippen LogP contribution in [0, 0.1) is 5.41 Å². The zero-order valence-electron chi connectivity index (χ0n) is 16.8. The molecule has 0 bridgehead atoms. The highest BCUT2D eigenvalue weighted by molar-refractivity contribution is 14.1. The first-order valence-electron chi connectivity index (χ1n) is 9.77. The number of rotatable bonds is 9. The average molecular weight is 591 g/mol. The second kappa shape index (κ2) is 10.9. The van der Waals surface area contributed by atoms with Crippen LogP contribution in [0.3, 0.4) is 0 Å². The normalized spacial score (nSPS) is 18.7. The number of hydrogen-bond donors (Lipinski definition) is 1. The zero-order chi connectivity index (χ0) is 19.8. The lowest BCUT2D eigenvalue weighted by atomic mass is 9.82. The zero-order valence-corrected chi connectivity index (χ0v) is 21.1. The smallest absolute Gasteiger partial charge is 0.226 e. The van der Waals surface area contributed by atoms with E-state index in [1.54, 1.807) is 0 Å². The highest BCUT2D eigenvalue weighted by Crippen LogP contribution is 2.32. The van der Waals surface area contributed by atoms with E-state index < -0.39 is 11.0 Å². The highest BCUT2D eigenvalue weighted by atomic mass is 127. The topological polar surface area (TPSA) is 55.4 Å². The molecule has 152 valence electrons. The van der Waals surface area contributed by atoms with E-state index >= 15 is 0 Å². The third-order valence-corrected chi connectivity index (χ3v) is 7.04. The fourth-order valence-electron chi connectivity index (χ4n) is 3.26. The molecule has 0 atom stereocenters. The second-order valence-corrected chi connectivity index (χ2v) is 10.8. The van der Waals surface area contributed by atoms with Gasteiger partial charge in [-0.2, -0.15) is 0 Å². The number of carbonyl (C=O) groups is 2. The largest absolute Gasteiger partial charge is 0.376 e. The van der Waals surface area contributed by atoms with Gasteiger partial charge in [-0.15, -0.1) is 0 Å². The van der Waals surface area contributed by atoms with E-state index in [-0.39, 0.29) is 15.3 Å². The maximum atomic E-state index is 13.0. The molecule has 0 aromatic heterocycles. The van der Waals surface area contributed by atoms with Crippen molar-refractivity contribution in [3.63, 3.8) is 0 Å². The van der Waals surface area contributed by atoms with Crippen molar-refractivity contribution in [2.75, 3.05) is 11.0 Å². The van der Waals surface area contributed by atoms with Crippen molar-refractivity contribution in [2.24, 2.45) is 5.41 Å². The molecule has 1 aliphatic rings. The van der Waals surface area contributed by atoms with E-state index in [0.717, 1.165) is 49.4 Å². The van der Waals surface area contributed by atoms with Crippen molar-refractivity contribution in [1.29, 1.82) is 0 Å². The van der Waals surface area contributed by atoms with Gasteiger partial charge in [0.2, 0.25) is 9.70 Å². The van der Waals surface area contributed by atoms with Crippen LogP contribution < -0.4 is 5.32 Å². The van der Waals surface area contributed by atoms with Crippen LogP contribution in [0.4, 0.5) is 0 Å². The minimum atomic E-state index is -0.684. The maximum Gasteiger partial charge on any atom is 0.226 e. The van der Waals surface area contributed by atoms with Crippen LogP contribution in [0.1, 0.15) is 85.5 Å². The van der Waals surface area contributed by atoms with Crippen LogP contribution in [-0.4, -0.2) is 31.9 Å². The summed E-state index contributed by atoms with van der Waals surface area (Å²) >= 11 is 4.23. The molecule has 1 fully saturated rings. The van der Waals surface area contributed by atoms with Gasteiger partial charge in [0.05, 0.1) is 5.60 Å². The predicted octanol–water partition coefficient (Wildman–Crippen LogP) is 5.58. The van der Waals surface area contributed by atoms with Crippen LogP contribution in [0.5, 0.6) is 0 Å². The van der Waals surface area contributed by atoms with Crippen molar-refractivity contribution in [2.45, 2.75) is 96.6 Å². The third-order valence-electron chi connectivity index (χ3n) is 5.47. The lowest BCUT2D eigenvalue weighted by molar-refractivity contribution is -0.136. The minimum Gasteiger partial charge on any atom is -0.376 e. The molecule has 0 radical (unpaired) electrons. The van der Waals surface area contributed by atoms with Crippen LogP contribution in [0.2, 0.25) is 0 Å². The summed E-state index contributed by atoms with van der Waals surface area (Å²) in [6.45, 7) is 8.64. The summed E-state index contributed by atoms with van der Waals surface area (Å²) in [5.74, 6) is -0.0293. The van der Waals surface area contributed by atoms with Crippen molar-refractivity contribution >= 4 is 54.9 Å². The summed E-state index contributed by atoms with van der Waals surface area (Å²) in [6, 6.07) is 0. The van der Waals surface area contributed by atoms with Gasteiger partial charge in [0.25, 0.3) is 0 Å². The molecular formula is C20H35I2NO3. The van der Waals surface area contributed by atoms with Crippen LogP contribution >= 0.6 is 45.2 Å². The first-order valence-corrected chi connectivity index (χ1v) is 12.4. The molecule has 6 heteroatoms. The van der Waals surface area contributed by atoms with E-state index in [1.165, 1.54) is 6.42 Å². The molecule has 0 aromatic rings. The Bertz CT molecular complexity index is 470. The molecular weight excluding hydrogens is 556 g/mol. The number of carbonyl (C=O) groups excluding carboxylic acids is 2. The minimum absolute atomic E-state index is 0.0293. The SMILES string of the molecule is CC(C)(CCI)OCCC(C)(C)C(=O)NC1(C(=O)I)CCCCCCC1. The molecule has 1 amide bonds. The lowest BCUT2D eigenvalue weighted by Crippen LogP contribution is -2.56. The molecule has 1 aliphatic carbocycles. The first kappa shape index (κ1) is 24.6. The van der Waals surface area contributed by atoms with E-state index in [1.807, 2.05) is 36.4 Å². The third kappa shape index (κ3) is 7.89. The van der Waals surface area contributed by atoms with Gasteiger partial charge in [0.15, 0.2) is 0 Å². The summed E-state index contributed by atoms with van der Waals surface area (Å²) in [6.07, 6.45) is 8.68. The Morgan fingerprint density at radius 2 is 1.54 bits per heavy atom. The van der Waals surface area contributed by atoms with Crippen LogP contribution in [0.15, 0.2) is 0 Å². The molecule has 0 aromatic carbocycles. The highest BCUT2D eigenvalue weighted by Gasteiger charge is 2.41. The monoisotopic (exact) mass is 591 g/mol. The number of nitrogens with one attached hydrogen (secondary N) is 1.